The number of primary amides is 1. The Bertz CT molecular complexity index is 508. The Morgan fingerprint density at radius 2 is 1.80 bits per heavy atom. The molecule has 5 N–H and O–H groups in total. The predicted octanol–water partition coefficient (Wildman–Crippen LogP) is 1.18. The number of hydrogen-bond donors (Lipinski definition) is 3. The van der Waals surface area contributed by atoms with E-state index in [1.165, 1.54) is 12.5 Å². The molecule has 0 aromatic heterocycles. The molecular formula is C15H21N3O2. The number of carbonyl (C=O) groups is 2. The average Bonchev–Trinajstić information content (AvgIpc) is 2.46. The molecule has 20 heavy (non-hydrogen) atoms. The third-order valence-corrected chi connectivity index (χ3v) is 3.86. The zero-order chi connectivity index (χ0) is 14.6. The highest BCUT2D eigenvalue weighted by Gasteiger charge is 2.27. The fraction of sp³-hybridized carbons (Fsp3) is 0.467. The number of amides is 2. The van der Waals surface area contributed by atoms with Gasteiger partial charge in [0.2, 0.25) is 5.91 Å². The van der Waals surface area contributed by atoms with Gasteiger partial charge in [0.1, 0.15) is 0 Å². The van der Waals surface area contributed by atoms with Crippen molar-refractivity contribution in [2.45, 2.75) is 37.6 Å². The molecule has 1 aliphatic carbocycles. The molecule has 0 aliphatic heterocycles. The monoisotopic (exact) mass is 275 g/mol. The van der Waals surface area contributed by atoms with Gasteiger partial charge in [-0.2, -0.15) is 0 Å². The summed E-state index contributed by atoms with van der Waals surface area (Å²) >= 11 is 0. The fourth-order valence-corrected chi connectivity index (χ4v) is 2.60. The van der Waals surface area contributed by atoms with E-state index in [1.807, 2.05) is 0 Å². The van der Waals surface area contributed by atoms with Crippen LogP contribution < -0.4 is 16.8 Å². The summed E-state index contributed by atoms with van der Waals surface area (Å²) in [4.78, 5) is 23.2. The molecule has 2 amide bonds. The fourth-order valence-electron chi connectivity index (χ4n) is 2.60. The molecule has 0 radical (unpaired) electrons. The van der Waals surface area contributed by atoms with Crippen molar-refractivity contribution in [3.05, 3.63) is 35.4 Å². The number of nitrogens with one attached hydrogen (secondary N) is 1. The standard InChI is InChI=1S/C15H21N3O2/c16-13(19)11-5-4-6-12(9-11)14(20)18-10-15(17)7-2-1-3-8-15/h4-6,9H,1-3,7-8,10,17H2,(H2,16,19)(H,18,20). The van der Waals surface area contributed by atoms with Gasteiger partial charge in [-0.05, 0) is 31.0 Å². The first kappa shape index (κ1) is 14.5. The van der Waals surface area contributed by atoms with Crippen molar-refractivity contribution >= 4 is 11.8 Å². The van der Waals surface area contributed by atoms with Crippen molar-refractivity contribution in [1.29, 1.82) is 0 Å². The van der Waals surface area contributed by atoms with Crippen LogP contribution in [0.3, 0.4) is 0 Å². The van der Waals surface area contributed by atoms with E-state index in [1.54, 1.807) is 18.2 Å². The Morgan fingerprint density at radius 3 is 2.45 bits per heavy atom. The van der Waals surface area contributed by atoms with Crippen LogP contribution in [-0.2, 0) is 0 Å². The van der Waals surface area contributed by atoms with Gasteiger partial charge in [-0.1, -0.05) is 25.3 Å². The van der Waals surface area contributed by atoms with E-state index in [0.29, 0.717) is 17.7 Å². The topological polar surface area (TPSA) is 98.2 Å². The molecule has 1 fully saturated rings. The molecule has 1 aromatic carbocycles. The first-order valence-corrected chi connectivity index (χ1v) is 6.97. The van der Waals surface area contributed by atoms with Crippen LogP contribution in [0.15, 0.2) is 24.3 Å². The zero-order valence-electron chi connectivity index (χ0n) is 11.5. The largest absolute Gasteiger partial charge is 0.366 e. The molecule has 5 heteroatoms. The van der Waals surface area contributed by atoms with Gasteiger partial charge >= 0.3 is 0 Å². The van der Waals surface area contributed by atoms with Crippen molar-refractivity contribution < 1.29 is 9.59 Å². The molecule has 0 heterocycles. The summed E-state index contributed by atoms with van der Waals surface area (Å²) in [6, 6.07) is 6.39. The maximum atomic E-state index is 12.1. The predicted molar refractivity (Wildman–Crippen MR) is 77.3 cm³/mol. The average molecular weight is 275 g/mol. The highest BCUT2D eigenvalue weighted by Crippen LogP contribution is 2.25. The molecule has 0 unspecified atom stereocenters. The van der Waals surface area contributed by atoms with Gasteiger partial charge in [-0.15, -0.1) is 0 Å². The second-order valence-electron chi connectivity index (χ2n) is 5.55. The van der Waals surface area contributed by atoms with Crippen LogP contribution in [0.2, 0.25) is 0 Å². The van der Waals surface area contributed by atoms with E-state index in [0.717, 1.165) is 25.7 Å². The first-order valence-electron chi connectivity index (χ1n) is 6.97. The smallest absolute Gasteiger partial charge is 0.251 e. The Kier molecular flexibility index (Phi) is 4.39. The lowest BCUT2D eigenvalue weighted by atomic mass is 9.82. The van der Waals surface area contributed by atoms with Crippen molar-refractivity contribution in [2.24, 2.45) is 11.5 Å². The van der Waals surface area contributed by atoms with E-state index < -0.39 is 5.91 Å². The van der Waals surface area contributed by atoms with Crippen LogP contribution >= 0.6 is 0 Å². The van der Waals surface area contributed by atoms with Crippen molar-refractivity contribution in [3.8, 4) is 0 Å². The summed E-state index contributed by atoms with van der Waals surface area (Å²) in [6.45, 7) is 0.465. The molecule has 1 saturated carbocycles. The molecule has 108 valence electrons. The number of benzene rings is 1. The van der Waals surface area contributed by atoms with Gasteiger partial charge < -0.3 is 16.8 Å². The Hall–Kier alpha value is -1.88. The minimum atomic E-state index is -0.540. The third-order valence-electron chi connectivity index (χ3n) is 3.86. The van der Waals surface area contributed by atoms with Gasteiger partial charge in [0, 0.05) is 23.2 Å². The van der Waals surface area contributed by atoms with Crippen molar-refractivity contribution in [3.63, 3.8) is 0 Å². The zero-order valence-corrected chi connectivity index (χ0v) is 11.5. The molecule has 2 rings (SSSR count). The Morgan fingerprint density at radius 1 is 1.15 bits per heavy atom. The summed E-state index contributed by atoms with van der Waals surface area (Å²) < 4.78 is 0. The van der Waals surface area contributed by atoms with Crippen LogP contribution in [0.4, 0.5) is 0 Å². The minimum absolute atomic E-state index is 0.219. The summed E-state index contributed by atoms with van der Waals surface area (Å²) in [7, 11) is 0. The van der Waals surface area contributed by atoms with Gasteiger partial charge in [0.05, 0.1) is 0 Å². The second kappa shape index (κ2) is 6.05. The van der Waals surface area contributed by atoms with Crippen molar-refractivity contribution in [2.75, 3.05) is 6.54 Å². The van der Waals surface area contributed by atoms with Crippen LogP contribution in [-0.4, -0.2) is 23.9 Å². The molecule has 0 bridgehead atoms. The van der Waals surface area contributed by atoms with E-state index in [-0.39, 0.29) is 11.4 Å². The van der Waals surface area contributed by atoms with Gasteiger partial charge in [0.25, 0.3) is 5.91 Å². The summed E-state index contributed by atoms with van der Waals surface area (Å²) in [5.41, 5.74) is 11.9. The summed E-state index contributed by atoms with van der Waals surface area (Å²) in [5.74, 6) is -0.759. The van der Waals surface area contributed by atoms with E-state index in [9.17, 15) is 9.59 Å². The number of nitrogens with two attached hydrogens (primary N) is 2. The lowest BCUT2D eigenvalue weighted by Crippen LogP contribution is -2.51. The van der Waals surface area contributed by atoms with E-state index in [2.05, 4.69) is 5.32 Å². The van der Waals surface area contributed by atoms with E-state index in [4.69, 9.17) is 11.5 Å². The number of hydrogen-bond acceptors (Lipinski definition) is 3. The summed E-state index contributed by atoms with van der Waals surface area (Å²) in [5, 5.41) is 2.86. The highest BCUT2D eigenvalue weighted by atomic mass is 16.2. The molecule has 0 atom stereocenters. The quantitative estimate of drug-likeness (QED) is 0.769. The normalized spacial score (nSPS) is 17.4. The maximum Gasteiger partial charge on any atom is 0.251 e. The third kappa shape index (κ3) is 3.57. The van der Waals surface area contributed by atoms with Crippen LogP contribution in [0, 0.1) is 0 Å². The van der Waals surface area contributed by atoms with Crippen LogP contribution in [0.5, 0.6) is 0 Å². The minimum Gasteiger partial charge on any atom is -0.366 e. The van der Waals surface area contributed by atoms with Gasteiger partial charge in [-0.25, -0.2) is 0 Å². The first-order chi connectivity index (χ1) is 9.50. The maximum absolute atomic E-state index is 12.1. The molecular weight excluding hydrogens is 254 g/mol. The molecule has 0 spiro atoms. The highest BCUT2D eigenvalue weighted by molar-refractivity contribution is 5.99. The Labute approximate surface area is 118 Å². The van der Waals surface area contributed by atoms with E-state index >= 15 is 0 Å². The Balaban J connectivity index is 1.98. The SMILES string of the molecule is NC(=O)c1cccc(C(=O)NCC2(N)CCCCC2)c1. The molecule has 0 saturated heterocycles. The molecule has 1 aliphatic rings. The van der Waals surface area contributed by atoms with Crippen LogP contribution in [0.25, 0.3) is 0 Å². The molecule has 5 nitrogen and oxygen atoms in total. The lowest BCUT2D eigenvalue weighted by molar-refractivity contribution is 0.0937. The number of rotatable bonds is 4. The van der Waals surface area contributed by atoms with Crippen molar-refractivity contribution in [1.82, 2.24) is 5.32 Å². The van der Waals surface area contributed by atoms with Gasteiger partial charge in [-0.3, -0.25) is 9.59 Å². The lowest BCUT2D eigenvalue weighted by Gasteiger charge is -2.33. The summed E-state index contributed by atoms with van der Waals surface area (Å²) in [6.07, 6.45) is 5.32. The molecule has 1 aromatic rings. The number of carbonyl (C=O) groups excluding carboxylic acids is 2. The second-order valence-corrected chi connectivity index (χ2v) is 5.55. The van der Waals surface area contributed by atoms with Gasteiger partial charge in [0.15, 0.2) is 0 Å². The van der Waals surface area contributed by atoms with Crippen LogP contribution in [0.1, 0.15) is 52.8 Å².